The van der Waals surface area contributed by atoms with Crippen LogP contribution in [0.15, 0.2) is 24.3 Å². The Hall–Kier alpha value is -2.25. The number of ether oxygens (including phenoxy) is 2. The Morgan fingerprint density at radius 2 is 2.09 bits per heavy atom. The van der Waals surface area contributed by atoms with Crippen molar-refractivity contribution < 1.29 is 19.1 Å². The Bertz CT molecular complexity index is 895. The zero-order valence-corrected chi connectivity index (χ0v) is 14.3. The minimum atomic E-state index is -0.451. The standard InChI is InChI=1S/C16H15NO4S2/c1-3-21-14(18)9-12-13(23-16(22)17-12)8-10-6-4-5-7-11(10)15(19)20-2/h4-9H,3H2,1-2H3,(H,17,22)/b12-9-,13-8-. The summed E-state index contributed by atoms with van der Waals surface area (Å²) in [6.07, 6.45) is 3.14. The van der Waals surface area contributed by atoms with E-state index in [-0.39, 0.29) is 0 Å². The molecule has 0 atom stereocenters. The topological polar surface area (TPSA) is 68.4 Å². The van der Waals surface area contributed by atoms with Crippen LogP contribution in [0.5, 0.6) is 0 Å². The van der Waals surface area contributed by atoms with Gasteiger partial charge in [-0.25, -0.2) is 9.59 Å². The molecule has 0 bridgehead atoms. The van der Waals surface area contributed by atoms with Gasteiger partial charge < -0.3 is 14.5 Å². The molecule has 120 valence electrons. The second-order valence-electron chi connectivity index (χ2n) is 4.41. The molecule has 1 N–H and O–H groups in total. The molecular formula is C16H15NO4S2. The van der Waals surface area contributed by atoms with E-state index < -0.39 is 11.9 Å². The molecule has 0 saturated heterocycles. The number of H-pyrrole nitrogens is 1. The molecule has 0 saturated carbocycles. The first-order valence-electron chi connectivity index (χ1n) is 6.81. The van der Waals surface area contributed by atoms with Crippen LogP contribution in [0.4, 0.5) is 0 Å². The molecule has 0 unspecified atom stereocenters. The Balaban J connectivity index is 2.60. The second-order valence-corrected chi connectivity index (χ2v) is 6.13. The van der Waals surface area contributed by atoms with Crippen LogP contribution in [-0.4, -0.2) is 30.6 Å². The van der Waals surface area contributed by atoms with Crippen molar-refractivity contribution in [3.63, 3.8) is 0 Å². The number of nitrogens with one attached hydrogen (secondary N) is 1. The lowest BCUT2D eigenvalue weighted by Crippen LogP contribution is -2.23. The van der Waals surface area contributed by atoms with E-state index in [0.717, 1.165) is 4.53 Å². The number of hydrogen-bond donors (Lipinski definition) is 1. The highest BCUT2D eigenvalue weighted by Crippen LogP contribution is 2.10. The summed E-state index contributed by atoms with van der Waals surface area (Å²) >= 11 is 6.45. The summed E-state index contributed by atoms with van der Waals surface area (Å²) in [5.74, 6) is -0.876. The van der Waals surface area contributed by atoms with Crippen LogP contribution >= 0.6 is 23.6 Å². The first-order valence-corrected chi connectivity index (χ1v) is 8.04. The van der Waals surface area contributed by atoms with Gasteiger partial charge in [0.2, 0.25) is 0 Å². The van der Waals surface area contributed by atoms with E-state index in [4.69, 9.17) is 21.7 Å². The van der Waals surface area contributed by atoms with Crippen LogP contribution in [0.25, 0.3) is 12.2 Å². The maximum atomic E-state index is 11.8. The molecule has 1 aromatic heterocycles. The molecule has 0 radical (unpaired) electrons. The predicted molar refractivity (Wildman–Crippen MR) is 91.2 cm³/mol. The summed E-state index contributed by atoms with van der Waals surface area (Å²) < 4.78 is 11.0. The fourth-order valence-electron chi connectivity index (χ4n) is 1.93. The first-order chi connectivity index (χ1) is 11.0. The third-order valence-corrected chi connectivity index (χ3v) is 4.10. The van der Waals surface area contributed by atoms with Gasteiger partial charge in [0.25, 0.3) is 0 Å². The summed E-state index contributed by atoms with van der Waals surface area (Å²) in [5, 5.41) is 0.554. The number of aromatic nitrogens is 1. The molecule has 2 rings (SSSR count). The van der Waals surface area contributed by atoms with E-state index in [9.17, 15) is 9.59 Å². The number of carbonyl (C=O) groups excluding carboxylic acids is 2. The highest BCUT2D eigenvalue weighted by Gasteiger charge is 2.09. The third-order valence-electron chi connectivity index (χ3n) is 2.91. The highest BCUT2D eigenvalue weighted by atomic mass is 32.1. The van der Waals surface area contributed by atoms with Gasteiger partial charge in [-0.15, -0.1) is 11.3 Å². The summed E-state index contributed by atoms with van der Waals surface area (Å²) in [7, 11) is 1.33. The van der Waals surface area contributed by atoms with E-state index in [1.165, 1.54) is 24.5 Å². The van der Waals surface area contributed by atoms with Gasteiger partial charge in [-0.05, 0) is 36.8 Å². The van der Waals surface area contributed by atoms with Crippen molar-refractivity contribution in [2.45, 2.75) is 6.92 Å². The zero-order chi connectivity index (χ0) is 16.8. The fourth-order valence-corrected chi connectivity index (χ4v) is 3.07. The van der Waals surface area contributed by atoms with Gasteiger partial charge in [0.15, 0.2) is 3.95 Å². The minimum Gasteiger partial charge on any atom is -0.465 e. The Labute approximate surface area is 141 Å². The smallest absolute Gasteiger partial charge is 0.338 e. The molecule has 0 spiro atoms. The van der Waals surface area contributed by atoms with Crippen LogP contribution in [0.1, 0.15) is 22.8 Å². The van der Waals surface area contributed by atoms with Crippen LogP contribution in [-0.2, 0) is 14.3 Å². The van der Waals surface area contributed by atoms with Crippen molar-refractivity contribution in [2.24, 2.45) is 0 Å². The summed E-state index contributed by atoms with van der Waals surface area (Å²) in [6, 6.07) is 7.05. The third kappa shape index (κ3) is 4.37. The van der Waals surface area contributed by atoms with E-state index in [1.54, 1.807) is 31.2 Å². The van der Waals surface area contributed by atoms with Crippen LogP contribution in [0, 0.1) is 3.95 Å². The molecule has 0 aliphatic heterocycles. The Kier molecular flexibility index (Phi) is 5.84. The molecular weight excluding hydrogens is 334 g/mol. The van der Waals surface area contributed by atoms with E-state index in [2.05, 4.69) is 4.98 Å². The van der Waals surface area contributed by atoms with Gasteiger partial charge in [0, 0.05) is 6.08 Å². The van der Waals surface area contributed by atoms with Crippen molar-refractivity contribution in [1.82, 2.24) is 4.98 Å². The molecule has 0 aliphatic rings. The van der Waals surface area contributed by atoms with Crippen molar-refractivity contribution in [3.8, 4) is 0 Å². The maximum Gasteiger partial charge on any atom is 0.338 e. The number of hydrogen-bond acceptors (Lipinski definition) is 6. The number of methoxy groups -OCH3 is 1. The van der Waals surface area contributed by atoms with Gasteiger partial charge in [0.1, 0.15) is 0 Å². The van der Waals surface area contributed by atoms with Gasteiger partial charge in [-0.2, -0.15) is 0 Å². The van der Waals surface area contributed by atoms with Gasteiger partial charge in [-0.3, -0.25) is 0 Å². The zero-order valence-electron chi connectivity index (χ0n) is 12.6. The number of thiazole rings is 1. The summed E-state index contributed by atoms with van der Waals surface area (Å²) in [6.45, 7) is 2.03. The van der Waals surface area contributed by atoms with E-state index >= 15 is 0 Å². The van der Waals surface area contributed by atoms with Crippen LogP contribution < -0.4 is 9.88 Å². The average molecular weight is 349 g/mol. The molecule has 7 heteroatoms. The molecule has 5 nitrogen and oxygen atoms in total. The van der Waals surface area contributed by atoms with E-state index in [1.807, 2.05) is 6.07 Å². The number of carbonyl (C=O) groups is 2. The molecule has 0 aliphatic carbocycles. The average Bonchev–Trinajstić information content (AvgIpc) is 2.86. The molecule has 1 heterocycles. The lowest BCUT2D eigenvalue weighted by molar-refractivity contribution is -0.135. The fraction of sp³-hybridized carbons (Fsp3) is 0.188. The second kappa shape index (κ2) is 7.85. The SMILES string of the molecule is CCOC(=O)/C=c1\[nH]c(=S)s\c1=C/c1ccccc1C(=O)OC. The first kappa shape index (κ1) is 17.1. The Morgan fingerprint density at radius 1 is 1.35 bits per heavy atom. The molecule has 0 amide bonds. The van der Waals surface area contributed by atoms with Gasteiger partial charge in [0.05, 0.1) is 29.2 Å². The lowest BCUT2D eigenvalue weighted by atomic mass is 10.1. The number of rotatable bonds is 4. The highest BCUT2D eigenvalue weighted by molar-refractivity contribution is 7.73. The lowest BCUT2D eigenvalue weighted by Gasteiger charge is -2.02. The van der Waals surface area contributed by atoms with Crippen molar-refractivity contribution in [2.75, 3.05) is 13.7 Å². The molecule has 2 aromatic rings. The van der Waals surface area contributed by atoms with Crippen molar-refractivity contribution in [1.29, 1.82) is 0 Å². The van der Waals surface area contributed by atoms with Crippen molar-refractivity contribution in [3.05, 3.63) is 49.2 Å². The number of aromatic amines is 1. The van der Waals surface area contributed by atoms with Crippen LogP contribution in [0.2, 0.25) is 0 Å². The number of esters is 2. The quantitative estimate of drug-likeness (QED) is 0.673. The molecule has 1 aromatic carbocycles. The Morgan fingerprint density at radius 3 is 2.78 bits per heavy atom. The van der Waals surface area contributed by atoms with E-state index in [0.29, 0.717) is 27.0 Å². The largest absolute Gasteiger partial charge is 0.465 e. The van der Waals surface area contributed by atoms with Crippen molar-refractivity contribution >= 4 is 47.6 Å². The van der Waals surface area contributed by atoms with Gasteiger partial charge >= 0.3 is 11.9 Å². The molecule has 0 fully saturated rings. The van der Waals surface area contributed by atoms with Gasteiger partial charge in [-0.1, -0.05) is 18.2 Å². The maximum absolute atomic E-state index is 11.8. The van der Waals surface area contributed by atoms with Crippen LogP contribution in [0.3, 0.4) is 0 Å². The number of benzene rings is 1. The monoisotopic (exact) mass is 349 g/mol. The normalized spacial score (nSPS) is 12.3. The minimum absolute atomic E-state index is 0.296. The molecule has 23 heavy (non-hydrogen) atoms. The predicted octanol–water partition coefficient (Wildman–Crippen LogP) is 1.76. The summed E-state index contributed by atoms with van der Waals surface area (Å²) in [5.41, 5.74) is 1.12. The summed E-state index contributed by atoms with van der Waals surface area (Å²) in [4.78, 5) is 26.4.